The number of alkyl halides is 3. The fourth-order valence-electron chi connectivity index (χ4n) is 3.97. The Labute approximate surface area is 215 Å². The minimum atomic E-state index is -4.97. The second kappa shape index (κ2) is 9.29. The van der Waals surface area contributed by atoms with E-state index in [4.69, 9.17) is 9.52 Å². The van der Waals surface area contributed by atoms with E-state index in [1.807, 2.05) is 0 Å². The Morgan fingerprint density at radius 1 is 1.13 bits per heavy atom. The van der Waals surface area contributed by atoms with Gasteiger partial charge in [-0.15, -0.1) is 10.2 Å². The van der Waals surface area contributed by atoms with Gasteiger partial charge in [0.15, 0.2) is 17.3 Å². The van der Waals surface area contributed by atoms with Crippen molar-refractivity contribution >= 4 is 21.3 Å². The van der Waals surface area contributed by atoms with E-state index in [0.29, 0.717) is 12.8 Å². The lowest BCUT2D eigenvalue weighted by Crippen LogP contribution is -2.21. The summed E-state index contributed by atoms with van der Waals surface area (Å²) in [5.41, 5.74) is -3.01. The molecule has 1 aromatic heterocycles. The molecule has 1 aliphatic rings. The van der Waals surface area contributed by atoms with Crippen molar-refractivity contribution < 1.29 is 35.7 Å². The van der Waals surface area contributed by atoms with E-state index < -0.39 is 67.3 Å². The van der Waals surface area contributed by atoms with Crippen molar-refractivity contribution in [2.24, 2.45) is 0 Å². The van der Waals surface area contributed by atoms with Crippen molar-refractivity contribution in [3.63, 3.8) is 0 Å². The smallest absolute Gasteiger partial charge is 0.433 e. The standard InChI is InChI=1S/C25H23F5N4O3S/c1-12-10-16(24(3)8-9-24)18(26)19(27)20(12)37-23-17(13(2)21(33-34-23)25(28,29)30)22(35)32-14-6-5-7-15(11-14)38(4,31)36/h5-7,10-11,31H,8-9H2,1-4H3,(H,32,35). The first-order valence-corrected chi connectivity index (χ1v) is 13.3. The molecule has 1 amide bonds. The molecule has 0 aliphatic heterocycles. The minimum absolute atomic E-state index is 0.0282. The molecule has 0 radical (unpaired) electrons. The van der Waals surface area contributed by atoms with E-state index in [9.17, 15) is 26.6 Å². The number of aryl methyl sites for hydroxylation is 1. The summed E-state index contributed by atoms with van der Waals surface area (Å²) in [6.07, 6.45) is -2.47. The largest absolute Gasteiger partial charge is 0.435 e. The lowest BCUT2D eigenvalue weighted by atomic mass is 9.95. The molecule has 1 unspecified atom stereocenters. The maximum Gasteiger partial charge on any atom is 0.435 e. The van der Waals surface area contributed by atoms with Gasteiger partial charge in [0.25, 0.3) is 11.8 Å². The molecule has 3 aromatic rings. The molecule has 0 saturated heterocycles. The van der Waals surface area contributed by atoms with Crippen LogP contribution in [-0.2, 0) is 21.3 Å². The van der Waals surface area contributed by atoms with Crippen LogP contribution in [0, 0.1) is 30.3 Å². The number of nitrogens with zero attached hydrogens (tertiary/aromatic N) is 2. The summed E-state index contributed by atoms with van der Waals surface area (Å²) < 4.78 is 95.9. The maximum atomic E-state index is 15.1. The quantitative estimate of drug-likeness (QED) is 0.338. The van der Waals surface area contributed by atoms with Crippen LogP contribution in [0.5, 0.6) is 11.6 Å². The van der Waals surface area contributed by atoms with Crippen molar-refractivity contribution in [1.29, 1.82) is 4.78 Å². The third-order valence-corrected chi connectivity index (χ3v) is 7.57. The predicted molar refractivity (Wildman–Crippen MR) is 129 cm³/mol. The number of hydrogen-bond donors (Lipinski definition) is 2. The summed E-state index contributed by atoms with van der Waals surface area (Å²) in [6.45, 7) is 4.19. The number of anilines is 1. The molecule has 1 atom stereocenters. The van der Waals surface area contributed by atoms with Crippen LogP contribution < -0.4 is 10.1 Å². The molecular weight excluding hydrogens is 531 g/mol. The van der Waals surface area contributed by atoms with Gasteiger partial charge < -0.3 is 10.1 Å². The number of benzene rings is 2. The highest BCUT2D eigenvalue weighted by Crippen LogP contribution is 2.50. The first kappa shape index (κ1) is 27.4. The van der Waals surface area contributed by atoms with Gasteiger partial charge in [-0.3, -0.25) is 4.79 Å². The molecule has 202 valence electrons. The average Bonchev–Trinajstić information content (AvgIpc) is 3.56. The SMILES string of the molecule is Cc1cc(C2(C)CC2)c(F)c(F)c1Oc1nnc(C(F)(F)F)c(C)c1C(=O)Nc1cccc(S(C)(=N)=O)c1. The predicted octanol–water partition coefficient (Wildman–Crippen LogP) is 6.52. The maximum absolute atomic E-state index is 15.1. The van der Waals surface area contributed by atoms with Gasteiger partial charge in [0.05, 0.1) is 9.73 Å². The zero-order valence-electron chi connectivity index (χ0n) is 20.7. The molecule has 13 heteroatoms. The van der Waals surface area contributed by atoms with Crippen LogP contribution >= 0.6 is 0 Å². The molecule has 1 saturated carbocycles. The Morgan fingerprint density at radius 2 is 1.79 bits per heavy atom. The number of ether oxygens (including phenoxy) is 1. The number of carbonyl (C=O) groups is 1. The van der Waals surface area contributed by atoms with E-state index in [-0.39, 0.29) is 21.7 Å². The monoisotopic (exact) mass is 554 g/mol. The van der Waals surface area contributed by atoms with Crippen LogP contribution in [0.2, 0.25) is 0 Å². The van der Waals surface area contributed by atoms with Gasteiger partial charge in [0.2, 0.25) is 5.82 Å². The highest BCUT2D eigenvalue weighted by Gasteiger charge is 2.43. The van der Waals surface area contributed by atoms with Crippen LogP contribution in [0.25, 0.3) is 0 Å². The summed E-state index contributed by atoms with van der Waals surface area (Å²) in [5, 5.41) is 8.89. The van der Waals surface area contributed by atoms with Gasteiger partial charge >= 0.3 is 6.18 Å². The number of halogens is 5. The van der Waals surface area contributed by atoms with Gasteiger partial charge in [-0.05, 0) is 73.1 Å². The van der Waals surface area contributed by atoms with Crippen molar-refractivity contribution in [1.82, 2.24) is 10.2 Å². The number of hydrogen-bond acceptors (Lipinski definition) is 6. The molecule has 1 fully saturated rings. The van der Waals surface area contributed by atoms with E-state index in [1.54, 1.807) is 6.92 Å². The lowest BCUT2D eigenvalue weighted by molar-refractivity contribution is -0.142. The summed E-state index contributed by atoms with van der Waals surface area (Å²) in [7, 11) is -3.16. The molecule has 1 aliphatic carbocycles. The van der Waals surface area contributed by atoms with E-state index in [0.717, 1.165) is 13.2 Å². The summed E-state index contributed by atoms with van der Waals surface area (Å²) in [4.78, 5) is 13.3. The molecular formula is C25H23F5N4O3S. The molecule has 0 bridgehead atoms. The van der Waals surface area contributed by atoms with E-state index in [2.05, 4.69) is 15.5 Å². The summed E-state index contributed by atoms with van der Waals surface area (Å²) in [6, 6.07) is 6.81. The van der Waals surface area contributed by atoms with Crippen LogP contribution in [0.4, 0.5) is 27.6 Å². The van der Waals surface area contributed by atoms with Crippen molar-refractivity contribution in [3.8, 4) is 11.6 Å². The van der Waals surface area contributed by atoms with Crippen molar-refractivity contribution in [2.45, 2.75) is 50.1 Å². The highest BCUT2D eigenvalue weighted by molar-refractivity contribution is 7.91. The zero-order valence-corrected chi connectivity index (χ0v) is 21.5. The molecule has 38 heavy (non-hydrogen) atoms. The number of amides is 1. The fourth-order valence-corrected chi connectivity index (χ4v) is 4.66. The Kier molecular flexibility index (Phi) is 6.71. The Balaban J connectivity index is 1.80. The van der Waals surface area contributed by atoms with E-state index in [1.165, 1.54) is 37.3 Å². The van der Waals surface area contributed by atoms with Gasteiger partial charge in [0.1, 0.15) is 5.56 Å². The minimum Gasteiger partial charge on any atom is -0.433 e. The third-order valence-electron chi connectivity index (χ3n) is 6.42. The van der Waals surface area contributed by atoms with Gasteiger partial charge in [0, 0.05) is 16.8 Å². The van der Waals surface area contributed by atoms with Crippen LogP contribution in [0.3, 0.4) is 0 Å². The highest BCUT2D eigenvalue weighted by atomic mass is 32.2. The van der Waals surface area contributed by atoms with Crippen molar-refractivity contribution in [2.75, 3.05) is 11.6 Å². The topological polar surface area (TPSA) is 105 Å². The summed E-state index contributed by atoms with van der Waals surface area (Å²) in [5.74, 6) is -5.04. The second-order valence-corrected chi connectivity index (χ2v) is 11.7. The third kappa shape index (κ3) is 5.19. The molecule has 4 rings (SSSR count). The number of rotatable bonds is 6. The number of aromatic nitrogens is 2. The molecule has 1 heterocycles. The van der Waals surface area contributed by atoms with Gasteiger partial charge in [-0.2, -0.15) is 17.6 Å². The Morgan fingerprint density at radius 3 is 2.37 bits per heavy atom. The lowest BCUT2D eigenvalue weighted by Gasteiger charge is -2.19. The van der Waals surface area contributed by atoms with Gasteiger partial charge in [-0.25, -0.2) is 13.4 Å². The fraction of sp³-hybridized carbons (Fsp3) is 0.320. The van der Waals surface area contributed by atoms with Crippen LogP contribution in [-0.4, -0.2) is 26.6 Å². The normalized spacial score (nSPS) is 16.0. The second-order valence-electron chi connectivity index (χ2n) is 9.54. The summed E-state index contributed by atoms with van der Waals surface area (Å²) >= 11 is 0. The van der Waals surface area contributed by atoms with Crippen LogP contribution in [0.15, 0.2) is 35.2 Å². The molecule has 2 aromatic carbocycles. The molecule has 7 nitrogen and oxygen atoms in total. The average molecular weight is 555 g/mol. The van der Waals surface area contributed by atoms with Gasteiger partial charge in [-0.1, -0.05) is 13.0 Å². The number of carbonyl (C=O) groups excluding carboxylic acids is 1. The zero-order chi connectivity index (χ0) is 28.2. The van der Waals surface area contributed by atoms with Crippen molar-refractivity contribution in [3.05, 3.63) is 69.9 Å². The Bertz CT molecular complexity index is 1570. The molecule has 2 N–H and O–H groups in total. The molecule has 0 spiro atoms. The Hall–Kier alpha value is -3.61. The van der Waals surface area contributed by atoms with E-state index >= 15 is 4.39 Å². The number of nitrogens with one attached hydrogen (secondary N) is 2. The first-order chi connectivity index (χ1) is 17.5. The van der Waals surface area contributed by atoms with Crippen LogP contribution in [0.1, 0.15) is 52.5 Å². The first-order valence-electron chi connectivity index (χ1n) is 11.3.